The smallest absolute Gasteiger partial charge is 0.0866 e. The number of rotatable bonds is 4. The molecule has 1 saturated heterocycles. The second kappa shape index (κ2) is 6.00. The molecule has 1 N–H and O–H groups in total. The van der Waals surface area contributed by atoms with E-state index < -0.39 is 0 Å². The van der Waals surface area contributed by atoms with Crippen molar-refractivity contribution in [2.24, 2.45) is 5.92 Å². The lowest BCUT2D eigenvalue weighted by molar-refractivity contribution is 0.207. The molecular weight excluding hydrogens is 174 g/mol. The lowest BCUT2D eigenvalue weighted by atomic mass is 10.1. The van der Waals surface area contributed by atoms with Crippen molar-refractivity contribution in [2.45, 2.75) is 32.7 Å². The van der Waals surface area contributed by atoms with Gasteiger partial charge in [-0.3, -0.25) is 4.90 Å². The third-order valence-electron chi connectivity index (χ3n) is 2.61. The van der Waals surface area contributed by atoms with Crippen molar-refractivity contribution in [2.75, 3.05) is 26.2 Å². The molecule has 3 heteroatoms. The summed E-state index contributed by atoms with van der Waals surface area (Å²) < 4.78 is 0. The molecule has 0 aromatic rings. The highest BCUT2D eigenvalue weighted by Gasteiger charge is 2.18. The van der Waals surface area contributed by atoms with Crippen LogP contribution in [0.5, 0.6) is 0 Å². The quantitative estimate of drug-likeness (QED) is 0.686. The molecule has 0 aliphatic carbocycles. The minimum atomic E-state index is 0.583. The molecule has 1 rings (SSSR count). The van der Waals surface area contributed by atoms with Gasteiger partial charge in [-0.2, -0.15) is 5.26 Å². The van der Waals surface area contributed by atoms with E-state index in [0.29, 0.717) is 18.5 Å². The molecule has 0 saturated carbocycles. The average Bonchev–Trinajstić information content (AvgIpc) is 2.16. The van der Waals surface area contributed by atoms with Gasteiger partial charge in [-0.1, -0.05) is 13.8 Å². The fourth-order valence-electron chi connectivity index (χ4n) is 1.87. The van der Waals surface area contributed by atoms with Gasteiger partial charge in [-0.15, -0.1) is 0 Å². The first kappa shape index (κ1) is 11.5. The molecule has 0 aromatic carbocycles. The van der Waals surface area contributed by atoms with Crippen LogP contribution in [0.2, 0.25) is 0 Å². The number of piperidine rings is 1. The molecule has 80 valence electrons. The molecule has 0 aromatic heterocycles. The van der Waals surface area contributed by atoms with Gasteiger partial charge in [0.1, 0.15) is 0 Å². The van der Waals surface area contributed by atoms with E-state index in [-0.39, 0.29) is 0 Å². The van der Waals surface area contributed by atoms with Crippen LogP contribution in [0.3, 0.4) is 0 Å². The molecule has 1 fully saturated rings. The van der Waals surface area contributed by atoms with E-state index in [1.807, 2.05) is 0 Å². The summed E-state index contributed by atoms with van der Waals surface area (Å²) >= 11 is 0. The van der Waals surface area contributed by atoms with Gasteiger partial charge in [0.15, 0.2) is 0 Å². The minimum Gasteiger partial charge on any atom is -0.312 e. The number of hydrogen-bond donors (Lipinski definition) is 1. The topological polar surface area (TPSA) is 39.1 Å². The van der Waals surface area contributed by atoms with Crippen molar-refractivity contribution in [3.8, 4) is 6.07 Å². The summed E-state index contributed by atoms with van der Waals surface area (Å²) in [5.74, 6) is 0.710. The first-order valence-electron chi connectivity index (χ1n) is 5.55. The summed E-state index contributed by atoms with van der Waals surface area (Å²) in [4.78, 5) is 2.24. The van der Waals surface area contributed by atoms with E-state index in [2.05, 4.69) is 30.1 Å². The Hall–Kier alpha value is -0.590. The van der Waals surface area contributed by atoms with Crippen molar-refractivity contribution in [1.29, 1.82) is 5.26 Å². The lowest BCUT2D eigenvalue weighted by Crippen LogP contribution is -2.46. The van der Waals surface area contributed by atoms with E-state index in [1.54, 1.807) is 0 Å². The molecule has 0 radical (unpaired) electrons. The van der Waals surface area contributed by atoms with Crippen LogP contribution in [0, 0.1) is 17.2 Å². The second-order valence-corrected chi connectivity index (χ2v) is 4.53. The van der Waals surface area contributed by atoms with Gasteiger partial charge in [0, 0.05) is 12.6 Å². The molecule has 1 aliphatic heterocycles. The summed E-state index contributed by atoms with van der Waals surface area (Å²) in [6, 6.07) is 2.82. The van der Waals surface area contributed by atoms with Gasteiger partial charge in [0.2, 0.25) is 0 Å². The maximum atomic E-state index is 8.61. The second-order valence-electron chi connectivity index (χ2n) is 4.53. The molecule has 0 spiro atoms. The zero-order valence-corrected chi connectivity index (χ0v) is 9.29. The van der Waals surface area contributed by atoms with E-state index in [1.165, 1.54) is 12.8 Å². The van der Waals surface area contributed by atoms with E-state index in [9.17, 15) is 0 Å². The molecule has 14 heavy (non-hydrogen) atoms. The van der Waals surface area contributed by atoms with Crippen LogP contribution in [-0.2, 0) is 0 Å². The van der Waals surface area contributed by atoms with Crippen LogP contribution in [0.25, 0.3) is 0 Å². The maximum absolute atomic E-state index is 8.61. The van der Waals surface area contributed by atoms with Crippen LogP contribution in [0.15, 0.2) is 0 Å². The SMILES string of the molecule is CC(C)CNC1CCCN(CC#N)C1. The first-order chi connectivity index (χ1) is 6.72. The Balaban J connectivity index is 2.22. The lowest BCUT2D eigenvalue weighted by Gasteiger charge is -2.32. The largest absolute Gasteiger partial charge is 0.312 e. The Labute approximate surface area is 87.1 Å². The van der Waals surface area contributed by atoms with Crippen LogP contribution in [0.4, 0.5) is 0 Å². The number of nitriles is 1. The van der Waals surface area contributed by atoms with Gasteiger partial charge < -0.3 is 5.32 Å². The fourth-order valence-corrected chi connectivity index (χ4v) is 1.87. The third kappa shape index (κ3) is 4.08. The van der Waals surface area contributed by atoms with Crippen LogP contribution >= 0.6 is 0 Å². The Morgan fingerprint density at radius 2 is 2.36 bits per heavy atom. The Morgan fingerprint density at radius 3 is 3.00 bits per heavy atom. The van der Waals surface area contributed by atoms with E-state index >= 15 is 0 Å². The molecule has 3 nitrogen and oxygen atoms in total. The normalized spacial score (nSPS) is 23.7. The molecule has 0 bridgehead atoms. The predicted molar refractivity (Wildman–Crippen MR) is 57.9 cm³/mol. The van der Waals surface area contributed by atoms with Crippen molar-refractivity contribution in [3.05, 3.63) is 0 Å². The summed E-state index contributed by atoms with van der Waals surface area (Å²) in [7, 11) is 0. The average molecular weight is 195 g/mol. The summed E-state index contributed by atoms with van der Waals surface area (Å²) in [6.07, 6.45) is 2.48. The van der Waals surface area contributed by atoms with Crippen molar-refractivity contribution in [1.82, 2.24) is 10.2 Å². The van der Waals surface area contributed by atoms with Gasteiger partial charge in [-0.05, 0) is 31.8 Å². The number of nitrogens with zero attached hydrogens (tertiary/aromatic N) is 2. The van der Waals surface area contributed by atoms with Crippen molar-refractivity contribution in [3.63, 3.8) is 0 Å². The van der Waals surface area contributed by atoms with Gasteiger partial charge >= 0.3 is 0 Å². The number of likely N-dealkylation sites (tertiary alicyclic amines) is 1. The zero-order valence-electron chi connectivity index (χ0n) is 9.29. The summed E-state index contributed by atoms with van der Waals surface area (Å²) in [6.45, 7) is 8.25. The highest BCUT2D eigenvalue weighted by molar-refractivity contribution is 4.84. The van der Waals surface area contributed by atoms with Crippen LogP contribution in [-0.4, -0.2) is 37.1 Å². The Kier molecular flexibility index (Phi) is 4.92. The number of hydrogen-bond acceptors (Lipinski definition) is 3. The van der Waals surface area contributed by atoms with Gasteiger partial charge in [0.25, 0.3) is 0 Å². The number of nitrogens with one attached hydrogen (secondary N) is 1. The third-order valence-corrected chi connectivity index (χ3v) is 2.61. The Morgan fingerprint density at radius 1 is 1.57 bits per heavy atom. The molecule has 1 atom stereocenters. The first-order valence-corrected chi connectivity index (χ1v) is 5.55. The summed E-state index contributed by atoms with van der Waals surface area (Å²) in [5, 5.41) is 12.2. The van der Waals surface area contributed by atoms with Crippen LogP contribution < -0.4 is 5.32 Å². The van der Waals surface area contributed by atoms with Gasteiger partial charge in [-0.25, -0.2) is 0 Å². The summed E-state index contributed by atoms with van der Waals surface area (Å²) in [5.41, 5.74) is 0. The monoisotopic (exact) mass is 195 g/mol. The van der Waals surface area contributed by atoms with Crippen LogP contribution in [0.1, 0.15) is 26.7 Å². The predicted octanol–water partition coefficient (Wildman–Crippen LogP) is 1.22. The standard InChI is InChI=1S/C11H21N3/c1-10(2)8-13-11-4-3-6-14(9-11)7-5-12/h10-11,13H,3-4,6-9H2,1-2H3. The molecule has 1 unspecified atom stereocenters. The maximum Gasteiger partial charge on any atom is 0.0866 e. The zero-order chi connectivity index (χ0) is 10.4. The fraction of sp³-hybridized carbons (Fsp3) is 0.909. The van der Waals surface area contributed by atoms with E-state index in [4.69, 9.17) is 5.26 Å². The Bertz CT molecular complexity index is 195. The van der Waals surface area contributed by atoms with Crippen molar-refractivity contribution >= 4 is 0 Å². The van der Waals surface area contributed by atoms with Crippen molar-refractivity contribution < 1.29 is 0 Å². The minimum absolute atomic E-state index is 0.583. The van der Waals surface area contributed by atoms with Gasteiger partial charge in [0.05, 0.1) is 12.6 Å². The molecular formula is C11H21N3. The highest BCUT2D eigenvalue weighted by Crippen LogP contribution is 2.09. The molecule has 1 aliphatic rings. The highest BCUT2D eigenvalue weighted by atomic mass is 15.2. The molecule has 0 amide bonds. The van der Waals surface area contributed by atoms with E-state index in [0.717, 1.165) is 19.6 Å². The molecule has 1 heterocycles.